The highest BCUT2D eigenvalue weighted by molar-refractivity contribution is 7.89. The van der Waals surface area contributed by atoms with Gasteiger partial charge in [0.05, 0.1) is 4.90 Å². The molecule has 1 rings (SSSR count). The molecule has 0 bridgehead atoms. The molecule has 0 spiro atoms. The van der Waals surface area contributed by atoms with Gasteiger partial charge < -0.3 is 10.8 Å². The number of aliphatic carboxylic acids is 1. The molecule has 8 heteroatoms. The molecular weight excluding hydrogens is 260 g/mol. The Bertz CT molecular complexity index is 564. The highest BCUT2D eigenvalue weighted by Gasteiger charge is 2.21. The Morgan fingerprint density at radius 1 is 1.28 bits per heavy atom. The van der Waals surface area contributed by atoms with Crippen LogP contribution in [0.3, 0.4) is 0 Å². The van der Waals surface area contributed by atoms with Crippen LogP contribution >= 0.6 is 0 Å². The second-order valence-corrected chi connectivity index (χ2v) is 5.28. The summed E-state index contributed by atoms with van der Waals surface area (Å²) in [5.41, 5.74) is 5.18. The minimum absolute atomic E-state index is 0.138. The largest absolute Gasteiger partial charge is 0.480 e. The van der Waals surface area contributed by atoms with E-state index in [-0.39, 0.29) is 10.5 Å². The molecule has 4 N–H and O–H groups in total. The normalized spacial score (nSPS) is 12.9. The van der Waals surface area contributed by atoms with E-state index in [0.29, 0.717) is 0 Å². The van der Waals surface area contributed by atoms with Crippen molar-refractivity contribution in [2.24, 2.45) is 5.73 Å². The molecule has 0 unspecified atom stereocenters. The molecule has 0 saturated heterocycles. The van der Waals surface area contributed by atoms with E-state index in [2.05, 4.69) is 0 Å². The molecule has 0 aliphatic heterocycles. The first-order chi connectivity index (χ1) is 8.24. The number of nitrogens with one attached hydrogen (secondary N) is 1. The molecule has 1 amide bonds. The number of primary amides is 1. The van der Waals surface area contributed by atoms with Crippen molar-refractivity contribution in [2.75, 3.05) is 0 Å². The van der Waals surface area contributed by atoms with Crippen molar-refractivity contribution in [3.05, 3.63) is 29.8 Å². The molecule has 0 fully saturated rings. The third-order valence-electron chi connectivity index (χ3n) is 2.15. The molecule has 98 valence electrons. The SMILES string of the molecule is C[C@H](NS(=O)(=O)c1ccc(C(N)=O)cc1)C(=O)O. The van der Waals surface area contributed by atoms with Gasteiger partial charge in [0, 0.05) is 5.56 Å². The number of carboxylic acids is 1. The van der Waals surface area contributed by atoms with Gasteiger partial charge in [0.2, 0.25) is 15.9 Å². The van der Waals surface area contributed by atoms with Gasteiger partial charge in [0.15, 0.2) is 0 Å². The molecular formula is C10H12N2O5S. The quantitative estimate of drug-likeness (QED) is 0.668. The van der Waals surface area contributed by atoms with Crippen molar-refractivity contribution in [3.63, 3.8) is 0 Å². The Morgan fingerprint density at radius 2 is 1.78 bits per heavy atom. The third-order valence-corrected chi connectivity index (χ3v) is 3.71. The molecule has 7 nitrogen and oxygen atoms in total. The molecule has 0 aliphatic rings. The van der Waals surface area contributed by atoms with Crippen LogP contribution in [-0.4, -0.2) is 31.4 Å². The van der Waals surface area contributed by atoms with Crippen molar-refractivity contribution in [1.82, 2.24) is 4.72 Å². The van der Waals surface area contributed by atoms with Crippen LogP contribution in [0.5, 0.6) is 0 Å². The zero-order valence-corrected chi connectivity index (χ0v) is 10.3. The first-order valence-electron chi connectivity index (χ1n) is 4.89. The first-order valence-corrected chi connectivity index (χ1v) is 6.37. The number of carbonyl (C=O) groups excluding carboxylic acids is 1. The van der Waals surface area contributed by atoms with Crippen LogP contribution in [0.2, 0.25) is 0 Å². The van der Waals surface area contributed by atoms with E-state index in [1.165, 1.54) is 31.2 Å². The molecule has 0 aliphatic carbocycles. The van der Waals surface area contributed by atoms with Crippen molar-refractivity contribution in [2.45, 2.75) is 17.9 Å². The number of carbonyl (C=O) groups is 2. The monoisotopic (exact) mass is 272 g/mol. The zero-order chi connectivity index (χ0) is 13.9. The first kappa shape index (κ1) is 14.1. The van der Waals surface area contributed by atoms with Gasteiger partial charge in [-0.05, 0) is 31.2 Å². The van der Waals surface area contributed by atoms with E-state index in [1.54, 1.807) is 0 Å². The van der Waals surface area contributed by atoms with Crippen molar-refractivity contribution >= 4 is 21.9 Å². The summed E-state index contributed by atoms with van der Waals surface area (Å²) in [5.74, 6) is -1.96. The summed E-state index contributed by atoms with van der Waals surface area (Å²) >= 11 is 0. The summed E-state index contributed by atoms with van der Waals surface area (Å²) in [5, 5.41) is 8.62. The standard InChI is InChI=1S/C10H12N2O5S/c1-6(10(14)15)12-18(16,17)8-4-2-7(3-5-8)9(11)13/h2-6,12H,1H3,(H2,11,13)(H,14,15)/t6-/m0/s1. The Balaban J connectivity index is 2.99. The van der Waals surface area contributed by atoms with Crippen LogP contribution in [-0.2, 0) is 14.8 Å². The summed E-state index contributed by atoms with van der Waals surface area (Å²) in [7, 11) is -3.93. The van der Waals surface area contributed by atoms with Gasteiger partial charge in [-0.3, -0.25) is 9.59 Å². The maximum absolute atomic E-state index is 11.7. The van der Waals surface area contributed by atoms with E-state index >= 15 is 0 Å². The van der Waals surface area contributed by atoms with Crippen molar-refractivity contribution in [1.29, 1.82) is 0 Å². The van der Waals surface area contributed by atoms with Crippen LogP contribution in [0.25, 0.3) is 0 Å². The highest BCUT2D eigenvalue weighted by atomic mass is 32.2. The van der Waals surface area contributed by atoms with Gasteiger partial charge >= 0.3 is 5.97 Å². The summed E-state index contributed by atoms with van der Waals surface area (Å²) in [6, 6.07) is 3.62. The smallest absolute Gasteiger partial charge is 0.321 e. The minimum atomic E-state index is -3.93. The van der Waals surface area contributed by atoms with E-state index in [1.807, 2.05) is 4.72 Å². The topological polar surface area (TPSA) is 127 Å². The van der Waals surface area contributed by atoms with Crippen LogP contribution in [0, 0.1) is 0 Å². The highest BCUT2D eigenvalue weighted by Crippen LogP contribution is 2.10. The van der Waals surface area contributed by atoms with Gasteiger partial charge in [-0.1, -0.05) is 0 Å². The third kappa shape index (κ3) is 3.28. The molecule has 1 aromatic carbocycles. The van der Waals surface area contributed by atoms with Gasteiger partial charge in [-0.25, -0.2) is 8.42 Å². The lowest BCUT2D eigenvalue weighted by Crippen LogP contribution is -2.38. The zero-order valence-electron chi connectivity index (χ0n) is 9.45. The number of hydrogen-bond donors (Lipinski definition) is 3. The Kier molecular flexibility index (Phi) is 4.04. The number of amides is 1. The fourth-order valence-electron chi connectivity index (χ4n) is 1.15. The molecule has 0 heterocycles. The summed E-state index contributed by atoms with van der Waals surface area (Å²) < 4.78 is 25.5. The molecule has 0 radical (unpaired) electrons. The van der Waals surface area contributed by atoms with Crippen LogP contribution < -0.4 is 10.5 Å². The fraction of sp³-hybridized carbons (Fsp3) is 0.200. The Hall–Kier alpha value is -1.93. The number of benzene rings is 1. The predicted octanol–water partition coefficient (Wildman–Crippen LogP) is -0.463. The number of nitrogens with two attached hydrogens (primary N) is 1. The maximum atomic E-state index is 11.7. The number of sulfonamides is 1. The summed E-state index contributed by atoms with van der Waals surface area (Å²) in [4.78, 5) is 21.2. The Morgan fingerprint density at radius 3 is 2.17 bits per heavy atom. The van der Waals surface area contributed by atoms with Gasteiger partial charge in [0.25, 0.3) is 0 Å². The van der Waals surface area contributed by atoms with Crippen molar-refractivity contribution < 1.29 is 23.1 Å². The Labute approximate surface area is 104 Å². The maximum Gasteiger partial charge on any atom is 0.321 e. The summed E-state index contributed by atoms with van der Waals surface area (Å²) in [6.07, 6.45) is 0. The molecule has 18 heavy (non-hydrogen) atoms. The lowest BCUT2D eigenvalue weighted by atomic mass is 10.2. The molecule has 0 saturated carbocycles. The van der Waals surface area contributed by atoms with E-state index in [9.17, 15) is 18.0 Å². The van der Waals surface area contributed by atoms with Crippen LogP contribution in [0.1, 0.15) is 17.3 Å². The van der Waals surface area contributed by atoms with Gasteiger partial charge in [-0.2, -0.15) is 4.72 Å². The number of carboxylic acid groups (broad SMARTS) is 1. The lowest BCUT2D eigenvalue weighted by molar-refractivity contribution is -0.138. The van der Waals surface area contributed by atoms with E-state index < -0.39 is 27.9 Å². The van der Waals surface area contributed by atoms with E-state index in [4.69, 9.17) is 10.8 Å². The predicted molar refractivity (Wildman–Crippen MR) is 62.4 cm³/mol. The second-order valence-electron chi connectivity index (χ2n) is 3.57. The minimum Gasteiger partial charge on any atom is -0.480 e. The fourth-order valence-corrected chi connectivity index (χ4v) is 2.35. The number of hydrogen-bond acceptors (Lipinski definition) is 4. The van der Waals surface area contributed by atoms with Gasteiger partial charge in [-0.15, -0.1) is 0 Å². The molecule has 1 aromatic rings. The molecule has 1 atom stereocenters. The lowest BCUT2D eigenvalue weighted by Gasteiger charge is -2.10. The average Bonchev–Trinajstić information content (AvgIpc) is 2.28. The number of rotatable bonds is 5. The van der Waals surface area contributed by atoms with Crippen LogP contribution in [0.15, 0.2) is 29.2 Å². The van der Waals surface area contributed by atoms with Crippen molar-refractivity contribution in [3.8, 4) is 0 Å². The molecule has 0 aromatic heterocycles. The summed E-state index contributed by atoms with van der Waals surface area (Å²) in [6.45, 7) is 1.21. The van der Waals surface area contributed by atoms with Crippen LogP contribution in [0.4, 0.5) is 0 Å². The second kappa shape index (κ2) is 5.15. The average molecular weight is 272 g/mol. The van der Waals surface area contributed by atoms with E-state index in [0.717, 1.165) is 0 Å². The van der Waals surface area contributed by atoms with Gasteiger partial charge in [0.1, 0.15) is 6.04 Å².